The minimum atomic E-state index is -0.663. The molecule has 3 rings (SSSR count). The van der Waals surface area contributed by atoms with Crippen LogP contribution >= 0.6 is 11.8 Å². The van der Waals surface area contributed by atoms with Crippen molar-refractivity contribution in [2.75, 3.05) is 11.1 Å². The fraction of sp³-hybridized carbons (Fsp3) is 0.167. The van der Waals surface area contributed by atoms with Gasteiger partial charge >= 0.3 is 5.69 Å². The molecular formula is C18H17N5O4S. The molecule has 3 N–H and O–H groups in total. The number of anilines is 1. The molecule has 0 aliphatic rings. The Morgan fingerprint density at radius 3 is 2.43 bits per heavy atom. The molecular weight excluding hydrogens is 382 g/mol. The van der Waals surface area contributed by atoms with Crippen molar-refractivity contribution in [3.8, 4) is 5.69 Å². The van der Waals surface area contributed by atoms with Gasteiger partial charge in [-0.2, -0.15) is 0 Å². The van der Waals surface area contributed by atoms with Crippen LogP contribution in [0.4, 0.5) is 5.82 Å². The van der Waals surface area contributed by atoms with Gasteiger partial charge in [0.15, 0.2) is 5.16 Å². The third-order valence-electron chi connectivity index (χ3n) is 3.69. The van der Waals surface area contributed by atoms with E-state index in [9.17, 15) is 19.2 Å². The van der Waals surface area contributed by atoms with E-state index in [2.05, 4.69) is 20.3 Å². The summed E-state index contributed by atoms with van der Waals surface area (Å²) in [6.07, 6.45) is 0. The first-order valence-electron chi connectivity index (χ1n) is 8.26. The van der Waals surface area contributed by atoms with Crippen LogP contribution in [0.3, 0.4) is 0 Å². The van der Waals surface area contributed by atoms with Crippen LogP contribution in [-0.4, -0.2) is 31.2 Å². The van der Waals surface area contributed by atoms with Gasteiger partial charge in [-0.25, -0.2) is 14.3 Å². The van der Waals surface area contributed by atoms with Crippen LogP contribution in [0.5, 0.6) is 0 Å². The zero-order chi connectivity index (χ0) is 20.3. The summed E-state index contributed by atoms with van der Waals surface area (Å²) in [6.45, 7) is 3.58. The molecule has 0 saturated heterocycles. The number of carbonyl (C=O) groups is 1. The van der Waals surface area contributed by atoms with E-state index >= 15 is 0 Å². The van der Waals surface area contributed by atoms with Gasteiger partial charge in [0.2, 0.25) is 5.91 Å². The highest BCUT2D eigenvalue weighted by atomic mass is 32.2. The van der Waals surface area contributed by atoms with Gasteiger partial charge in [-0.15, -0.1) is 0 Å². The largest absolute Gasteiger partial charge is 0.334 e. The molecule has 144 valence electrons. The summed E-state index contributed by atoms with van der Waals surface area (Å²) >= 11 is 1.04. The highest BCUT2D eigenvalue weighted by Gasteiger charge is 2.12. The number of aromatic amines is 2. The van der Waals surface area contributed by atoms with E-state index in [-0.39, 0.29) is 17.1 Å². The fourth-order valence-corrected chi connectivity index (χ4v) is 3.19. The third-order valence-corrected chi connectivity index (χ3v) is 4.56. The van der Waals surface area contributed by atoms with Gasteiger partial charge in [0, 0.05) is 17.8 Å². The van der Waals surface area contributed by atoms with Gasteiger partial charge in [0.05, 0.1) is 11.4 Å². The zero-order valence-corrected chi connectivity index (χ0v) is 15.9. The number of nitrogens with zero attached hydrogens (tertiary/aromatic N) is 2. The van der Waals surface area contributed by atoms with E-state index in [0.29, 0.717) is 16.5 Å². The maximum absolute atomic E-state index is 12.3. The van der Waals surface area contributed by atoms with Gasteiger partial charge in [0.25, 0.3) is 11.1 Å². The molecule has 9 nitrogen and oxygen atoms in total. The molecule has 0 bridgehead atoms. The minimum absolute atomic E-state index is 0.0499. The number of H-pyrrole nitrogens is 2. The van der Waals surface area contributed by atoms with Gasteiger partial charge in [-0.1, -0.05) is 29.5 Å². The molecule has 0 spiro atoms. The molecule has 1 aromatic carbocycles. The SMILES string of the molecule is Cc1ccc(-n2c(NC(=O)CSc3nc(C)cc(=O)[nH]3)cc(=O)[nH]c2=O)cc1. The third kappa shape index (κ3) is 4.65. The van der Waals surface area contributed by atoms with Crippen molar-refractivity contribution in [3.63, 3.8) is 0 Å². The topological polar surface area (TPSA) is 130 Å². The fourth-order valence-electron chi connectivity index (χ4n) is 2.47. The van der Waals surface area contributed by atoms with E-state index in [1.807, 2.05) is 19.1 Å². The van der Waals surface area contributed by atoms with Crippen LogP contribution in [0.15, 0.2) is 55.9 Å². The van der Waals surface area contributed by atoms with Crippen molar-refractivity contribution < 1.29 is 4.79 Å². The number of thioether (sulfide) groups is 1. The van der Waals surface area contributed by atoms with Crippen LogP contribution in [-0.2, 0) is 4.79 Å². The maximum Gasteiger partial charge on any atom is 0.334 e. The van der Waals surface area contributed by atoms with Crippen LogP contribution in [0.1, 0.15) is 11.3 Å². The summed E-state index contributed by atoms with van der Waals surface area (Å²) in [7, 11) is 0. The van der Waals surface area contributed by atoms with Crippen molar-refractivity contribution in [1.82, 2.24) is 19.5 Å². The molecule has 0 saturated carbocycles. The molecule has 1 amide bonds. The lowest BCUT2D eigenvalue weighted by molar-refractivity contribution is -0.113. The van der Waals surface area contributed by atoms with Gasteiger partial charge < -0.3 is 10.3 Å². The van der Waals surface area contributed by atoms with Crippen LogP contribution < -0.4 is 22.1 Å². The predicted octanol–water partition coefficient (Wildman–Crippen LogP) is 0.957. The Morgan fingerprint density at radius 2 is 1.75 bits per heavy atom. The summed E-state index contributed by atoms with van der Waals surface area (Å²) in [6, 6.07) is 9.53. The highest BCUT2D eigenvalue weighted by Crippen LogP contribution is 2.15. The number of aromatic nitrogens is 4. The lowest BCUT2D eigenvalue weighted by Gasteiger charge is -2.13. The average Bonchev–Trinajstić information content (AvgIpc) is 2.60. The number of aryl methyl sites for hydroxylation is 2. The second kappa shape index (κ2) is 8.09. The van der Waals surface area contributed by atoms with Crippen molar-refractivity contribution in [2.24, 2.45) is 0 Å². The number of nitrogens with one attached hydrogen (secondary N) is 3. The first kappa shape index (κ1) is 19.4. The van der Waals surface area contributed by atoms with Crippen LogP contribution in [0.25, 0.3) is 5.69 Å². The average molecular weight is 399 g/mol. The summed E-state index contributed by atoms with van der Waals surface area (Å²) in [5.74, 6) is -0.477. The molecule has 0 aliphatic heterocycles. The Labute approximate surface area is 162 Å². The standard InChI is InChI=1S/C18H17N5O4S/c1-10-3-5-12(6-4-10)23-13(8-15(25)22-18(23)27)20-16(26)9-28-17-19-11(2)7-14(24)21-17/h3-8H,9H2,1-2H3,(H,20,26)(H,19,21,24)(H,22,25,27). The molecule has 2 aromatic heterocycles. The molecule has 3 aromatic rings. The zero-order valence-electron chi connectivity index (χ0n) is 15.1. The first-order valence-corrected chi connectivity index (χ1v) is 9.24. The molecule has 2 heterocycles. The number of carbonyl (C=O) groups excluding carboxylic acids is 1. The van der Waals surface area contributed by atoms with E-state index in [1.165, 1.54) is 10.6 Å². The Morgan fingerprint density at radius 1 is 1.07 bits per heavy atom. The highest BCUT2D eigenvalue weighted by molar-refractivity contribution is 7.99. The van der Waals surface area contributed by atoms with E-state index in [0.717, 1.165) is 23.4 Å². The molecule has 0 unspecified atom stereocenters. The monoisotopic (exact) mass is 399 g/mol. The second-order valence-corrected chi connectivity index (χ2v) is 6.99. The number of hydrogen-bond donors (Lipinski definition) is 3. The predicted molar refractivity (Wildman–Crippen MR) is 106 cm³/mol. The summed E-state index contributed by atoms with van der Waals surface area (Å²) < 4.78 is 1.20. The van der Waals surface area contributed by atoms with Crippen LogP contribution in [0.2, 0.25) is 0 Å². The van der Waals surface area contributed by atoms with Crippen LogP contribution in [0, 0.1) is 13.8 Å². The number of benzene rings is 1. The summed E-state index contributed by atoms with van der Waals surface area (Å²) in [4.78, 5) is 56.6. The lowest BCUT2D eigenvalue weighted by Crippen LogP contribution is -2.32. The molecule has 0 fully saturated rings. The van der Waals surface area contributed by atoms with E-state index < -0.39 is 17.2 Å². The first-order chi connectivity index (χ1) is 13.3. The maximum atomic E-state index is 12.3. The number of amides is 1. The normalized spacial score (nSPS) is 10.6. The lowest BCUT2D eigenvalue weighted by atomic mass is 10.2. The summed E-state index contributed by atoms with van der Waals surface area (Å²) in [5.41, 5.74) is 0.444. The quantitative estimate of drug-likeness (QED) is 0.433. The Bertz CT molecular complexity index is 1190. The number of rotatable bonds is 5. The molecule has 0 radical (unpaired) electrons. The van der Waals surface area contributed by atoms with Gasteiger partial charge in [-0.05, 0) is 26.0 Å². The second-order valence-electron chi connectivity index (χ2n) is 6.02. The molecule has 0 atom stereocenters. The smallest absolute Gasteiger partial charge is 0.311 e. The number of hydrogen-bond acceptors (Lipinski definition) is 6. The molecule has 10 heteroatoms. The Hall–Kier alpha value is -3.40. The summed E-state index contributed by atoms with van der Waals surface area (Å²) in [5, 5.41) is 2.88. The van der Waals surface area contributed by atoms with E-state index in [1.54, 1.807) is 19.1 Å². The Balaban J connectivity index is 1.84. The molecule has 28 heavy (non-hydrogen) atoms. The minimum Gasteiger partial charge on any atom is -0.311 e. The van der Waals surface area contributed by atoms with Gasteiger partial charge in [0.1, 0.15) is 5.82 Å². The van der Waals surface area contributed by atoms with Crippen molar-refractivity contribution in [2.45, 2.75) is 19.0 Å². The molecule has 0 aliphatic carbocycles. The van der Waals surface area contributed by atoms with Crippen molar-refractivity contribution >= 4 is 23.5 Å². The van der Waals surface area contributed by atoms with E-state index in [4.69, 9.17) is 0 Å². The van der Waals surface area contributed by atoms with Gasteiger partial charge in [-0.3, -0.25) is 19.4 Å². The Kier molecular flexibility index (Phi) is 5.59. The van der Waals surface area contributed by atoms with Crippen molar-refractivity contribution in [3.05, 3.63) is 78.8 Å². The van der Waals surface area contributed by atoms with Crippen molar-refractivity contribution in [1.29, 1.82) is 0 Å².